The maximum atomic E-state index is 12.6. The molecule has 1 saturated carbocycles. The van der Waals surface area contributed by atoms with E-state index < -0.39 is 9.05 Å². The molecule has 0 aromatic heterocycles. The lowest BCUT2D eigenvalue weighted by atomic mass is 10.2. The summed E-state index contributed by atoms with van der Waals surface area (Å²) in [5.41, 5.74) is 0.0729. The fourth-order valence-electron chi connectivity index (χ4n) is 2.09. The second-order valence-electron chi connectivity index (χ2n) is 4.93. The van der Waals surface area contributed by atoms with E-state index in [1.165, 1.54) is 6.07 Å². The van der Waals surface area contributed by atoms with Crippen LogP contribution in [0.25, 0.3) is 0 Å². The van der Waals surface area contributed by atoms with Crippen LogP contribution < -0.4 is 0 Å². The lowest BCUT2D eigenvalue weighted by molar-refractivity contribution is 0.0743. The zero-order chi connectivity index (χ0) is 15.8. The summed E-state index contributed by atoms with van der Waals surface area (Å²) in [7, 11) is 1.34. The van der Waals surface area contributed by atoms with Crippen LogP contribution in [0.15, 0.2) is 17.0 Å². The van der Waals surface area contributed by atoms with E-state index in [-0.39, 0.29) is 32.5 Å². The molecule has 1 amide bonds. The van der Waals surface area contributed by atoms with Crippen LogP contribution in [0, 0.1) is 0 Å². The molecule has 0 atom stereocenters. The van der Waals surface area contributed by atoms with Gasteiger partial charge in [-0.1, -0.05) is 30.1 Å². The number of halogens is 3. The van der Waals surface area contributed by atoms with Gasteiger partial charge in [-0.25, -0.2) is 8.42 Å². The molecule has 1 aromatic carbocycles. The van der Waals surface area contributed by atoms with Gasteiger partial charge in [0.15, 0.2) is 0 Å². The highest BCUT2D eigenvalue weighted by atomic mass is 35.7. The van der Waals surface area contributed by atoms with Crippen molar-refractivity contribution in [3.05, 3.63) is 27.7 Å². The molecule has 0 aliphatic heterocycles. The van der Waals surface area contributed by atoms with Crippen molar-refractivity contribution in [3.63, 3.8) is 0 Å². The molecular weight excluding hydrogens is 357 g/mol. The molecule has 0 bridgehead atoms. The average Bonchev–Trinajstić information content (AvgIpc) is 3.21. The monoisotopic (exact) mass is 369 g/mol. The third-order valence-corrected chi connectivity index (χ3v) is 5.36. The smallest absolute Gasteiger partial charge is 0.261 e. The zero-order valence-corrected chi connectivity index (χ0v) is 14.4. The minimum Gasteiger partial charge on any atom is -0.336 e. The first-order chi connectivity index (χ1) is 9.75. The van der Waals surface area contributed by atoms with Crippen LogP contribution in [-0.2, 0) is 9.05 Å². The molecule has 21 heavy (non-hydrogen) atoms. The topological polar surface area (TPSA) is 54.5 Å². The summed E-state index contributed by atoms with van der Waals surface area (Å²) in [6, 6.07) is 2.53. The Kier molecular flexibility index (Phi) is 5.08. The Morgan fingerprint density at radius 3 is 2.43 bits per heavy atom. The van der Waals surface area contributed by atoms with Gasteiger partial charge in [0.05, 0.1) is 20.5 Å². The van der Waals surface area contributed by atoms with E-state index in [0.29, 0.717) is 6.54 Å². The maximum absolute atomic E-state index is 12.6. The van der Waals surface area contributed by atoms with Crippen molar-refractivity contribution in [1.29, 1.82) is 0 Å². The van der Waals surface area contributed by atoms with Gasteiger partial charge in [-0.15, -0.1) is 0 Å². The molecule has 1 aliphatic carbocycles. The predicted octanol–water partition coefficient (Wildman–Crippen LogP) is 3.94. The van der Waals surface area contributed by atoms with Crippen LogP contribution in [-0.4, -0.2) is 31.8 Å². The molecule has 116 valence electrons. The van der Waals surface area contributed by atoms with E-state index >= 15 is 0 Å². The molecule has 1 fully saturated rings. The Hall–Kier alpha value is -0.490. The van der Waals surface area contributed by atoms with Crippen LogP contribution in [0.5, 0.6) is 0 Å². The molecule has 8 heteroatoms. The highest BCUT2D eigenvalue weighted by Crippen LogP contribution is 2.34. The van der Waals surface area contributed by atoms with Gasteiger partial charge in [0.25, 0.3) is 15.0 Å². The molecule has 0 unspecified atom stereocenters. The van der Waals surface area contributed by atoms with Gasteiger partial charge in [-0.2, -0.15) is 0 Å². The highest BCUT2D eigenvalue weighted by molar-refractivity contribution is 8.13. The maximum Gasteiger partial charge on any atom is 0.261 e. The molecule has 1 aliphatic rings. The van der Waals surface area contributed by atoms with E-state index in [2.05, 4.69) is 0 Å². The quantitative estimate of drug-likeness (QED) is 0.738. The van der Waals surface area contributed by atoms with Crippen LogP contribution in [0.3, 0.4) is 0 Å². The van der Waals surface area contributed by atoms with Crippen LogP contribution in [0.1, 0.15) is 36.5 Å². The SMILES string of the molecule is CCCN(C(=O)c1cc(S(=O)(=O)Cl)cc(Cl)c1Cl)C1CC1. The fourth-order valence-corrected chi connectivity index (χ4v) is 3.35. The molecule has 0 saturated heterocycles. The van der Waals surface area contributed by atoms with Crippen LogP contribution in [0.4, 0.5) is 0 Å². The number of benzene rings is 1. The average molecular weight is 371 g/mol. The Bertz CT molecular complexity index is 671. The number of carbonyl (C=O) groups excluding carboxylic acids is 1. The van der Waals surface area contributed by atoms with Gasteiger partial charge >= 0.3 is 0 Å². The van der Waals surface area contributed by atoms with Crippen molar-refractivity contribution in [2.24, 2.45) is 0 Å². The summed E-state index contributed by atoms with van der Waals surface area (Å²) in [4.78, 5) is 14.1. The van der Waals surface area contributed by atoms with Crippen molar-refractivity contribution in [2.45, 2.75) is 37.1 Å². The number of carbonyl (C=O) groups is 1. The Morgan fingerprint density at radius 2 is 1.95 bits per heavy atom. The molecule has 0 radical (unpaired) electrons. The molecule has 2 rings (SSSR count). The van der Waals surface area contributed by atoms with Crippen molar-refractivity contribution >= 4 is 48.8 Å². The number of nitrogens with zero attached hydrogens (tertiary/aromatic N) is 1. The Morgan fingerprint density at radius 1 is 1.33 bits per heavy atom. The first kappa shape index (κ1) is 16.9. The van der Waals surface area contributed by atoms with Gasteiger partial charge < -0.3 is 4.90 Å². The summed E-state index contributed by atoms with van der Waals surface area (Å²) in [5, 5.41) is 0.0430. The largest absolute Gasteiger partial charge is 0.336 e. The number of amides is 1. The molecule has 0 N–H and O–H groups in total. The normalized spacial score (nSPS) is 15.0. The first-order valence-corrected chi connectivity index (χ1v) is 9.57. The van der Waals surface area contributed by atoms with E-state index in [0.717, 1.165) is 25.3 Å². The number of hydrogen-bond acceptors (Lipinski definition) is 3. The summed E-state index contributed by atoms with van der Waals surface area (Å²) in [6.45, 7) is 2.56. The number of hydrogen-bond donors (Lipinski definition) is 0. The highest BCUT2D eigenvalue weighted by Gasteiger charge is 2.34. The zero-order valence-electron chi connectivity index (χ0n) is 11.3. The fraction of sp³-hybridized carbons (Fsp3) is 0.462. The third kappa shape index (κ3) is 3.83. The Labute approximate surface area is 138 Å². The van der Waals surface area contributed by atoms with Gasteiger partial charge in [0.2, 0.25) is 0 Å². The molecule has 0 spiro atoms. The van der Waals surface area contributed by atoms with Gasteiger partial charge in [0, 0.05) is 23.3 Å². The van der Waals surface area contributed by atoms with E-state index in [1.54, 1.807) is 4.90 Å². The van der Waals surface area contributed by atoms with Gasteiger partial charge in [0.1, 0.15) is 0 Å². The number of rotatable bonds is 5. The lowest BCUT2D eigenvalue weighted by Crippen LogP contribution is -2.34. The Balaban J connectivity index is 2.46. The van der Waals surface area contributed by atoms with Crippen LogP contribution >= 0.6 is 33.9 Å². The second kappa shape index (κ2) is 6.32. The van der Waals surface area contributed by atoms with E-state index in [9.17, 15) is 13.2 Å². The van der Waals surface area contributed by atoms with Crippen molar-refractivity contribution in [1.82, 2.24) is 4.90 Å². The first-order valence-electron chi connectivity index (χ1n) is 6.50. The van der Waals surface area contributed by atoms with Crippen molar-refractivity contribution in [2.75, 3.05) is 6.54 Å². The van der Waals surface area contributed by atoms with Crippen molar-refractivity contribution < 1.29 is 13.2 Å². The predicted molar refractivity (Wildman–Crippen MR) is 83.9 cm³/mol. The van der Waals surface area contributed by atoms with Crippen molar-refractivity contribution in [3.8, 4) is 0 Å². The minimum atomic E-state index is -3.98. The summed E-state index contributed by atoms with van der Waals surface area (Å²) < 4.78 is 22.9. The standard InChI is InChI=1S/C13H14Cl3NO3S/c1-2-5-17(8-3-4-8)13(18)10-6-9(21(16,19)20)7-11(14)12(10)15/h6-8H,2-5H2,1H3. The van der Waals surface area contributed by atoms with E-state index in [1.807, 2.05) is 6.92 Å². The van der Waals surface area contributed by atoms with E-state index in [4.69, 9.17) is 33.9 Å². The molecule has 4 nitrogen and oxygen atoms in total. The van der Waals surface area contributed by atoms with Crippen LogP contribution in [0.2, 0.25) is 10.0 Å². The molecule has 1 aromatic rings. The summed E-state index contributed by atoms with van der Waals surface area (Å²) in [5.74, 6) is -0.312. The second-order valence-corrected chi connectivity index (χ2v) is 8.29. The summed E-state index contributed by atoms with van der Waals surface area (Å²) >= 11 is 12.0. The lowest BCUT2D eigenvalue weighted by Gasteiger charge is -2.22. The van der Waals surface area contributed by atoms with Gasteiger partial charge in [-0.3, -0.25) is 4.79 Å². The third-order valence-electron chi connectivity index (χ3n) is 3.23. The molecule has 0 heterocycles. The van der Waals surface area contributed by atoms with Gasteiger partial charge in [-0.05, 0) is 31.4 Å². The molecular formula is C13H14Cl3NO3S. The minimum absolute atomic E-state index is 0.00557. The summed E-state index contributed by atoms with van der Waals surface area (Å²) in [6.07, 6.45) is 2.70.